The van der Waals surface area contributed by atoms with E-state index in [0.717, 1.165) is 11.1 Å². The fourth-order valence-electron chi connectivity index (χ4n) is 2.50. The molecule has 2 aromatic heterocycles. The lowest BCUT2D eigenvalue weighted by Crippen LogP contribution is -2.26. The normalized spacial score (nSPS) is 11.5. The summed E-state index contributed by atoms with van der Waals surface area (Å²) < 4.78 is 24.2. The molecular formula is C17H17N3O3S. The summed E-state index contributed by atoms with van der Waals surface area (Å²) in [7, 11) is -3.68. The first kappa shape index (κ1) is 16.2. The molecule has 24 heavy (non-hydrogen) atoms. The highest BCUT2D eigenvalue weighted by molar-refractivity contribution is 7.89. The van der Waals surface area contributed by atoms with Gasteiger partial charge in [-0.3, -0.25) is 4.79 Å². The SMILES string of the molecule is NS(=O)(=O)c1ccc(CCNC(=O)c2ccc3ccccn23)cc1. The van der Waals surface area contributed by atoms with Crippen LogP contribution in [0.1, 0.15) is 16.1 Å². The third-order valence-electron chi connectivity index (χ3n) is 3.75. The predicted octanol–water partition coefficient (Wildman–Crippen LogP) is 1.56. The molecule has 0 saturated carbocycles. The molecule has 0 aliphatic carbocycles. The standard InChI is InChI=1S/C17H17N3O3S/c18-24(22,23)15-7-4-13(5-8-15)10-11-19-17(21)16-9-6-14-3-1-2-12-20(14)16/h1-9,12H,10-11H2,(H,19,21)(H2,18,22,23). The zero-order chi connectivity index (χ0) is 17.2. The predicted molar refractivity (Wildman–Crippen MR) is 91.2 cm³/mol. The Bertz CT molecular complexity index is 976. The minimum absolute atomic E-state index is 0.0786. The number of rotatable bonds is 5. The number of pyridine rings is 1. The van der Waals surface area contributed by atoms with Crippen LogP contribution in [0.5, 0.6) is 0 Å². The van der Waals surface area contributed by atoms with Crippen LogP contribution in [0.2, 0.25) is 0 Å². The molecule has 0 bridgehead atoms. The van der Waals surface area contributed by atoms with Crippen LogP contribution in [0.25, 0.3) is 5.52 Å². The summed E-state index contributed by atoms with van der Waals surface area (Å²) in [5.41, 5.74) is 2.46. The number of benzene rings is 1. The highest BCUT2D eigenvalue weighted by Crippen LogP contribution is 2.11. The van der Waals surface area contributed by atoms with E-state index in [9.17, 15) is 13.2 Å². The maximum absolute atomic E-state index is 12.3. The molecule has 0 saturated heterocycles. The lowest BCUT2D eigenvalue weighted by molar-refractivity contribution is 0.0948. The third kappa shape index (κ3) is 3.47. The number of nitrogens with one attached hydrogen (secondary N) is 1. The molecule has 1 amide bonds. The summed E-state index contributed by atoms with van der Waals surface area (Å²) in [5, 5.41) is 7.93. The van der Waals surface area contributed by atoms with E-state index in [2.05, 4.69) is 5.32 Å². The Hall–Kier alpha value is -2.64. The minimum atomic E-state index is -3.68. The fraction of sp³-hybridized carbons (Fsp3) is 0.118. The Balaban J connectivity index is 1.61. The molecule has 0 aliphatic heterocycles. The lowest BCUT2D eigenvalue weighted by Gasteiger charge is -2.06. The van der Waals surface area contributed by atoms with E-state index in [-0.39, 0.29) is 10.8 Å². The Labute approximate surface area is 140 Å². The minimum Gasteiger partial charge on any atom is -0.350 e. The van der Waals surface area contributed by atoms with Crippen molar-refractivity contribution in [3.63, 3.8) is 0 Å². The van der Waals surface area contributed by atoms with Gasteiger partial charge in [-0.05, 0) is 48.4 Å². The largest absolute Gasteiger partial charge is 0.350 e. The number of hydrogen-bond acceptors (Lipinski definition) is 3. The van der Waals surface area contributed by atoms with Crippen LogP contribution in [0.15, 0.2) is 65.7 Å². The number of nitrogens with two attached hydrogens (primary N) is 1. The zero-order valence-electron chi connectivity index (χ0n) is 12.8. The first-order chi connectivity index (χ1) is 11.4. The number of primary sulfonamides is 1. The van der Waals surface area contributed by atoms with Gasteiger partial charge in [0.05, 0.1) is 4.90 Å². The summed E-state index contributed by atoms with van der Waals surface area (Å²) in [6.07, 6.45) is 2.44. The fourth-order valence-corrected chi connectivity index (χ4v) is 3.01. The van der Waals surface area contributed by atoms with Crippen molar-refractivity contribution >= 4 is 21.4 Å². The molecule has 0 unspecified atom stereocenters. The van der Waals surface area contributed by atoms with Gasteiger partial charge >= 0.3 is 0 Å². The number of sulfonamides is 1. The third-order valence-corrected chi connectivity index (χ3v) is 4.68. The summed E-state index contributed by atoms with van der Waals surface area (Å²) in [5.74, 6) is -0.151. The van der Waals surface area contributed by atoms with E-state index >= 15 is 0 Å². The summed E-state index contributed by atoms with van der Waals surface area (Å²) in [6.45, 7) is 0.452. The molecule has 124 valence electrons. The van der Waals surface area contributed by atoms with Gasteiger partial charge < -0.3 is 9.72 Å². The van der Waals surface area contributed by atoms with Crippen molar-refractivity contribution in [2.45, 2.75) is 11.3 Å². The molecular weight excluding hydrogens is 326 g/mol. The van der Waals surface area contributed by atoms with Crippen molar-refractivity contribution < 1.29 is 13.2 Å². The number of fused-ring (bicyclic) bond motifs is 1. The Morgan fingerprint density at radius 3 is 2.50 bits per heavy atom. The summed E-state index contributed by atoms with van der Waals surface area (Å²) in [6, 6.07) is 15.7. The first-order valence-electron chi connectivity index (χ1n) is 7.41. The van der Waals surface area contributed by atoms with Crippen molar-refractivity contribution in [2.24, 2.45) is 5.14 Å². The molecule has 0 atom stereocenters. The molecule has 3 rings (SSSR count). The molecule has 0 radical (unpaired) electrons. The number of carbonyl (C=O) groups excluding carboxylic acids is 1. The summed E-state index contributed by atoms with van der Waals surface area (Å²) >= 11 is 0. The van der Waals surface area contributed by atoms with E-state index in [1.807, 2.05) is 34.9 Å². The molecule has 0 spiro atoms. The second-order valence-electron chi connectivity index (χ2n) is 5.41. The molecule has 1 aromatic carbocycles. The van der Waals surface area contributed by atoms with Crippen molar-refractivity contribution in [3.8, 4) is 0 Å². The molecule has 3 aromatic rings. The van der Waals surface area contributed by atoms with Crippen molar-refractivity contribution in [1.82, 2.24) is 9.72 Å². The molecule has 6 nitrogen and oxygen atoms in total. The average molecular weight is 343 g/mol. The number of aromatic nitrogens is 1. The molecule has 0 aliphatic rings. The van der Waals surface area contributed by atoms with Crippen LogP contribution in [0.3, 0.4) is 0 Å². The van der Waals surface area contributed by atoms with Crippen LogP contribution in [0.4, 0.5) is 0 Å². The van der Waals surface area contributed by atoms with Crippen LogP contribution in [-0.4, -0.2) is 25.3 Å². The first-order valence-corrected chi connectivity index (χ1v) is 8.96. The van der Waals surface area contributed by atoms with Crippen LogP contribution in [0, 0.1) is 0 Å². The van der Waals surface area contributed by atoms with Gasteiger partial charge in [-0.1, -0.05) is 18.2 Å². The van der Waals surface area contributed by atoms with E-state index in [1.54, 1.807) is 18.2 Å². The van der Waals surface area contributed by atoms with Gasteiger partial charge in [0.15, 0.2) is 0 Å². The van der Waals surface area contributed by atoms with Gasteiger partial charge in [0.25, 0.3) is 5.91 Å². The lowest BCUT2D eigenvalue weighted by atomic mass is 10.1. The molecule has 0 fully saturated rings. The van der Waals surface area contributed by atoms with Crippen LogP contribution >= 0.6 is 0 Å². The zero-order valence-corrected chi connectivity index (χ0v) is 13.7. The van der Waals surface area contributed by atoms with Gasteiger partial charge in [-0.2, -0.15) is 0 Å². The average Bonchev–Trinajstić information content (AvgIpc) is 2.98. The van der Waals surface area contributed by atoms with Crippen molar-refractivity contribution in [3.05, 3.63) is 72.1 Å². The monoisotopic (exact) mass is 343 g/mol. The number of nitrogens with zero attached hydrogens (tertiary/aromatic N) is 1. The van der Waals surface area contributed by atoms with Crippen molar-refractivity contribution in [1.29, 1.82) is 0 Å². The maximum Gasteiger partial charge on any atom is 0.268 e. The smallest absolute Gasteiger partial charge is 0.268 e. The highest BCUT2D eigenvalue weighted by Gasteiger charge is 2.10. The quantitative estimate of drug-likeness (QED) is 0.736. The van der Waals surface area contributed by atoms with Crippen LogP contribution < -0.4 is 10.5 Å². The van der Waals surface area contributed by atoms with Gasteiger partial charge in [-0.15, -0.1) is 0 Å². The number of carbonyl (C=O) groups is 1. The van der Waals surface area contributed by atoms with Crippen LogP contribution in [-0.2, 0) is 16.4 Å². The van der Waals surface area contributed by atoms with E-state index in [1.165, 1.54) is 12.1 Å². The van der Waals surface area contributed by atoms with E-state index in [0.29, 0.717) is 18.7 Å². The second kappa shape index (κ2) is 6.46. The molecule has 2 heterocycles. The number of amides is 1. The Kier molecular flexibility index (Phi) is 4.37. The Morgan fingerprint density at radius 2 is 1.79 bits per heavy atom. The summed E-state index contributed by atoms with van der Waals surface area (Å²) in [4.78, 5) is 12.3. The number of hydrogen-bond donors (Lipinski definition) is 2. The van der Waals surface area contributed by atoms with E-state index < -0.39 is 10.0 Å². The van der Waals surface area contributed by atoms with Gasteiger partial charge in [-0.25, -0.2) is 13.6 Å². The maximum atomic E-state index is 12.3. The van der Waals surface area contributed by atoms with Gasteiger partial charge in [0, 0.05) is 18.3 Å². The van der Waals surface area contributed by atoms with Gasteiger partial charge in [0.1, 0.15) is 5.69 Å². The second-order valence-corrected chi connectivity index (χ2v) is 6.97. The molecule has 7 heteroatoms. The van der Waals surface area contributed by atoms with Gasteiger partial charge in [0.2, 0.25) is 10.0 Å². The highest BCUT2D eigenvalue weighted by atomic mass is 32.2. The van der Waals surface area contributed by atoms with Crippen molar-refractivity contribution in [2.75, 3.05) is 6.54 Å². The topological polar surface area (TPSA) is 93.7 Å². The Morgan fingerprint density at radius 1 is 1.04 bits per heavy atom. The van der Waals surface area contributed by atoms with E-state index in [4.69, 9.17) is 5.14 Å². The molecule has 3 N–H and O–H groups in total.